The average molecular weight is 697 g/mol. The number of para-hydroxylation sites is 2. The number of carbonyl (C=O) groups excluding carboxylic acids is 2. The van der Waals surface area contributed by atoms with Crippen LogP contribution in [0.2, 0.25) is 0 Å². The minimum Gasteiger partial charge on any atom is -0.310 e. The molecule has 0 N–H and O–H groups in total. The van der Waals surface area contributed by atoms with Crippen molar-refractivity contribution >= 4 is 56.8 Å². The SMILES string of the molecule is O=C1C(=Cc2cc3c(s2)-c2ccc(N(c4ccccc4)c4ccccc4)cc2C32c3ccccc3-c3cccnc32)C(=O)c2cc3ccccc3cc21. The fourth-order valence-corrected chi connectivity index (χ4v) is 10.0. The average Bonchev–Trinajstić information content (AvgIpc) is 3.90. The van der Waals surface area contributed by atoms with Crippen LogP contribution in [0.25, 0.3) is 38.4 Å². The minimum absolute atomic E-state index is 0.214. The van der Waals surface area contributed by atoms with Crippen LogP contribution < -0.4 is 4.90 Å². The van der Waals surface area contributed by atoms with Crippen molar-refractivity contribution in [3.8, 4) is 21.6 Å². The molecule has 248 valence electrons. The number of anilines is 3. The summed E-state index contributed by atoms with van der Waals surface area (Å²) in [5.41, 5.74) is 11.5. The van der Waals surface area contributed by atoms with Gasteiger partial charge in [0.2, 0.25) is 0 Å². The first kappa shape index (κ1) is 30.0. The third kappa shape index (κ3) is 4.14. The topological polar surface area (TPSA) is 50.3 Å². The highest BCUT2D eigenvalue weighted by Crippen LogP contribution is 2.64. The number of Topliss-reactive ketones (excluding diaryl/α,β-unsaturated/α-hetero) is 2. The van der Waals surface area contributed by atoms with Gasteiger partial charge in [-0.3, -0.25) is 14.6 Å². The van der Waals surface area contributed by atoms with E-state index < -0.39 is 5.41 Å². The van der Waals surface area contributed by atoms with Crippen LogP contribution in [0.3, 0.4) is 0 Å². The molecule has 0 bridgehead atoms. The molecular formula is C48H28N2O2S. The zero-order chi connectivity index (χ0) is 35.3. The lowest BCUT2D eigenvalue weighted by molar-refractivity contribution is 0.0990. The third-order valence-corrected chi connectivity index (χ3v) is 12.1. The van der Waals surface area contributed by atoms with Crippen LogP contribution >= 0.6 is 11.3 Å². The number of rotatable bonds is 4. The predicted molar refractivity (Wildman–Crippen MR) is 214 cm³/mol. The molecule has 3 aliphatic carbocycles. The van der Waals surface area contributed by atoms with Gasteiger partial charge in [0.15, 0.2) is 11.6 Å². The molecule has 8 aromatic rings. The highest BCUT2D eigenvalue weighted by molar-refractivity contribution is 7.16. The first-order chi connectivity index (χ1) is 26.1. The maximum absolute atomic E-state index is 13.8. The van der Waals surface area contributed by atoms with Gasteiger partial charge in [0.1, 0.15) is 0 Å². The Hall–Kier alpha value is -6.69. The fraction of sp³-hybridized carbons (Fsp3) is 0.0208. The van der Waals surface area contributed by atoms with Gasteiger partial charge in [-0.15, -0.1) is 11.3 Å². The van der Waals surface area contributed by atoms with Gasteiger partial charge >= 0.3 is 0 Å². The molecule has 53 heavy (non-hydrogen) atoms. The largest absolute Gasteiger partial charge is 0.310 e. The first-order valence-corrected chi connectivity index (χ1v) is 18.5. The molecule has 0 amide bonds. The Kier molecular flexibility index (Phi) is 6.31. The van der Waals surface area contributed by atoms with E-state index >= 15 is 0 Å². The molecule has 0 saturated heterocycles. The molecule has 0 saturated carbocycles. The molecule has 2 aromatic heterocycles. The Labute approximate surface area is 310 Å². The van der Waals surface area contributed by atoms with Crippen LogP contribution in [0.1, 0.15) is 48.0 Å². The van der Waals surface area contributed by atoms with Gasteiger partial charge in [-0.1, -0.05) is 97.1 Å². The van der Waals surface area contributed by atoms with Crippen LogP contribution in [0.5, 0.6) is 0 Å². The number of aromatic nitrogens is 1. The van der Waals surface area contributed by atoms with Gasteiger partial charge in [-0.25, -0.2) is 0 Å². The molecule has 3 aliphatic rings. The van der Waals surface area contributed by atoms with E-state index in [9.17, 15) is 9.59 Å². The van der Waals surface area contributed by atoms with E-state index in [1.54, 1.807) is 11.3 Å². The van der Waals surface area contributed by atoms with E-state index in [2.05, 4.69) is 108 Å². The molecule has 1 spiro atoms. The summed E-state index contributed by atoms with van der Waals surface area (Å²) in [6.07, 6.45) is 3.70. The summed E-state index contributed by atoms with van der Waals surface area (Å²) in [5, 5.41) is 1.90. The maximum atomic E-state index is 13.8. The smallest absolute Gasteiger partial charge is 0.197 e. The number of carbonyl (C=O) groups is 2. The molecule has 2 heterocycles. The second kappa shape index (κ2) is 11.2. The third-order valence-electron chi connectivity index (χ3n) is 11.0. The van der Waals surface area contributed by atoms with Crippen LogP contribution in [0.4, 0.5) is 17.1 Å². The number of ketones is 2. The lowest BCUT2D eigenvalue weighted by atomic mass is 9.72. The summed E-state index contributed by atoms with van der Waals surface area (Å²) in [6, 6.07) is 54.3. The van der Waals surface area contributed by atoms with Gasteiger partial charge < -0.3 is 4.90 Å². The Morgan fingerprint density at radius 3 is 1.83 bits per heavy atom. The molecule has 4 nitrogen and oxygen atoms in total. The second-order valence-electron chi connectivity index (χ2n) is 13.8. The Bertz CT molecular complexity index is 2750. The molecule has 11 rings (SSSR count). The van der Waals surface area contributed by atoms with E-state index in [1.807, 2.05) is 66.9 Å². The van der Waals surface area contributed by atoms with E-state index in [4.69, 9.17) is 4.98 Å². The summed E-state index contributed by atoms with van der Waals surface area (Å²) in [4.78, 5) is 37.1. The molecule has 6 aromatic carbocycles. The maximum Gasteiger partial charge on any atom is 0.197 e. The highest BCUT2D eigenvalue weighted by Gasteiger charge is 2.54. The number of nitrogens with zero attached hydrogens (tertiary/aromatic N) is 2. The molecule has 5 heteroatoms. The Morgan fingerprint density at radius 1 is 0.509 bits per heavy atom. The second-order valence-corrected chi connectivity index (χ2v) is 14.9. The van der Waals surface area contributed by atoms with Gasteiger partial charge in [0.25, 0.3) is 0 Å². The van der Waals surface area contributed by atoms with Gasteiger partial charge in [0.05, 0.1) is 16.7 Å². The van der Waals surface area contributed by atoms with E-state index in [0.717, 1.165) is 65.5 Å². The van der Waals surface area contributed by atoms with Crippen LogP contribution in [0.15, 0.2) is 169 Å². The zero-order valence-electron chi connectivity index (χ0n) is 28.3. The van der Waals surface area contributed by atoms with E-state index in [-0.39, 0.29) is 17.1 Å². The monoisotopic (exact) mass is 696 g/mol. The van der Waals surface area contributed by atoms with Gasteiger partial charge in [0, 0.05) is 49.7 Å². The minimum atomic E-state index is -0.690. The van der Waals surface area contributed by atoms with Crippen molar-refractivity contribution in [2.24, 2.45) is 0 Å². The predicted octanol–water partition coefficient (Wildman–Crippen LogP) is 11.6. The number of hydrogen-bond donors (Lipinski definition) is 0. The summed E-state index contributed by atoms with van der Waals surface area (Å²) in [5.74, 6) is -0.437. The zero-order valence-corrected chi connectivity index (χ0v) is 29.1. The van der Waals surface area contributed by atoms with Gasteiger partial charge in [-0.2, -0.15) is 0 Å². The number of hydrogen-bond acceptors (Lipinski definition) is 5. The first-order valence-electron chi connectivity index (χ1n) is 17.7. The normalized spacial score (nSPS) is 16.0. The number of fused-ring (bicyclic) bond motifs is 12. The van der Waals surface area contributed by atoms with Crippen molar-refractivity contribution in [1.82, 2.24) is 4.98 Å². The fourth-order valence-electron chi connectivity index (χ4n) is 8.81. The molecule has 0 fully saturated rings. The van der Waals surface area contributed by atoms with Crippen molar-refractivity contribution in [2.75, 3.05) is 4.90 Å². The highest BCUT2D eigenvalue weighted by atomic mass is 32.1. The van der Waals surface area contributed by atoms with Crippen molar-refractivity contribution in [3.63, 3.8) is 0 Å². The van der Waals surface area contributed by atoms with Crippen molar-refractivity contribution in [3.05, 3.63) is 208 Å². The van der Waals surface area contributed by atoms with Gasteiger partial charge in [-0.05, 0) is 105 Å². The van der Waals surface area contributed by atoms with Crippen LogP contribution in [-0.4, -0.2) is 16.6 Å². The molecular weight excluding hydrogens is 669 g/mol. The summed E-state index contributed by atoms with van der Waals surface area (Å²) in [7, 11) is 0. The summed E-state index contributed by atoms with van der Waals surface area (Å²) in [6.45, 7) is 0. The Balaban J connectivity index is 1.13. The van der Waals surface area contributed by atoms with E-state index in [1.165, 1.54) is 11.1 Å². The van der Waals surface area contributed by atoms with E-state index in [0.29, 0.717) is 11.1 Å². The molecule has 0 aliphatic heterocycles. The number of allylic oxidation sites excluding steroid dienone is 1. The van der Waals surface area contributed by atoms with Crippen LogP contribution in [-0.2, 0) is 5.41 Å². The summed E-state index contributed by atoms with van der Waals surface area (Å²) < 4.78 is 0. The molecule has 1 unspecified atom stereocenters. The van der Waals surface area contributed by atoms with Crippen LogP contribution in [0, 0.1) is 0 Å². The molecule has 0 radical (unpaired) electrons. The van der Waals surface area contributed by atoms with Crippen molar-refractivity contribution in [2.45, 2.75) is 5.41 Å². The van der Waals surface area contributed by atoms with Crippen molar-refractivity contribution < 1.29 is 9.59 Å². The molecule has 1 atom stereocenters. The Morgan fingerprint density at radius 2 is 1.13 bits per heavy atom. The lowest BCUT2D eigenvalue weighted by Crippen LogP contribution is -2.27. The number of benzene rings is 6. The quantitative estimate of drug-likeness (QED) is 0.136. The van der Waals surface area contributed by atoms with Crippen molar-refractivity contribution in [1.29, 1.82) is 0 Å². The lowest BCUT2D eigenvalue weighted by Gasteiger charge is -2.31. The number of pyridine rings is 1. The summed E-state index contributed by atoms with van der Waals surface area (Å²) >= 11 is 1.63. The number of thiophene rings is 1. The standard InChI is InChI=1S/C48H28N2O2S/c51-44-38-24-29-12-7-8-13-30(29)25-39(38)45(52)40(44)27-34-28-43-46(53-34)37-22-21-33(50(31-14-3-1-4-15-31)32-16-5-2-6-17-32)26-42(37)48(43)41-20-10-9-18-35(41)36-19-11-23-49-47(36)48/h1-28H.